The highest BCUT2D eigenvalue weighted by atomic mass is 19.1. The van der Waals surface area contributed by atoms with Crippen LogP contribution < -0.4 is 4.90 Å². The van der Waals surface area contributed by atoms with E-state index in [0.717, 1.165) is 12.1 Å². The van der Waals surface area contributed by atoms with Crippen LogP contribution in [0.1, 0.15) is 27.9 Å². The number of Topliss-reactive ketones (excluding diaryl/α,β-unsaturated/α-hetero) is 1. The molecule has 3 aromatic carbocycles. The minimum Gasteiger partial charge on any atom is -0.375 e. The number of aliphatic hydroxyl groups is 1. The molecule has 0 spiro atoms. The summed E-state index contributed by atoms with van der Waals surface area (Å²) >= 11 is 0. The monoisotopic (exact) mass is 420 g/mol. The molecule has 0 aliphatic carbocycles. The molecule has 156 valence electrons. The number of para-hydroxylation sites is 1. The molecule has 0 aromatic heterocycles. The lowest BCUT2D eigenvalue weighted by Gasteiger charge is -2.23. The second kappa shape index (κ2) is 7.73. The summed E-state index contributed by atoms with van der Waals surface area (Å²) in [7, 11) is 0. The quantitative estimate of drug-likeness (QED) is 0.372. The van der Waals surface area contributed by atoms with Crippen LogP contribution in [0.3, 0.4) is 0 Å². The van der Waals surface area contributed by atoms with Gasteiger partial charge in [0.1, 0.15) is 5.82 Å². The van der Waals surface area contributed by atoms with Crippen molar-refractivity contribution in [3.8, 4) is 0 Å². The number of nitrogens with zero attached hydrogens (tertiary/aromatic N) is 2. The lowest BCUT2D eigenvalue weighted by Crippen LogP contribution is -2.41. The Balaban J connectivity index is 1.64. The molecule has 1 heterocycles. The summed E-state index contributed by atoms with van der Waals surface area (Å²) in [5.41, 5.74) is -0.559. The number of hydrogen-bond donors (Lipinski definition) is 1. The molecule has 1 N–H and O–H groups in total. The lowest BCUT2D eigenvalue weighted by molar-refractivity contribution is -0.384. The highest BCUT2D eigenvalue weighted by Crippen LogP contribution is 2.43. The maximum absolute atomic E-state index is 13.2. The van der Waals surface area contributed by atoms with E-state index in [1.54, 1.807) is 24.3 Å². The van der Waals surface area contributed by atoms with Crippen molar-refractivity contribution >= 4 is 23.1 Å². The van der Waals surface area contributed by atoms with Gasteiger partial charge in [-0.15, -0.1) is 0 Å². The van der Waals surface area contributed by atoms with Gasteiger partial charge in [-0.25, -0.2) is 4.39 Å². The number of carbonyl (C=O) groups is 2. The van der Waals surface area contributed by atoms with Crippen molar-refractivity contribution in [3.63, 3.8) is 0 Å². The normalized spacial score (nSPS) is 17.5. The van der Waals surface area contributed by atoms with E-state index in [2.05, 4.69) is 0 Å². The van der Waals surface area contributed by atoms with Gasteiger partial charge < -0.3 is 10.0 Å². The number of fused-ring (bicyclic) bond motifs is 1. The molecule has 31 heavy (non-hydrogen) atoms. The summed E-state index contributed by atoms with van der Waals surface area (Å²) < 4.78 is 13.2. The molecule has 8 heteroatoms. The number of carbonyl (C=O) groups excluding carboxylic acids is 2. The Labute approximate surface area is 176 Å². The van der Waals surface area contributed by atoms with Crippen molar-refractivity contribution in [2.75, 3.05) is 4.90 Å². The Morgan fingerprint density at radius 2 is 1.68 bits per heavy atom. The number of anilines is 1. The Morgan fingerprint density at radius 3 is 2.32 bits per heavy atom. The number of benzene rings is 3. The summed E-state index contributed by atoms with van der Waals surface area (Å²) in [6.45, 7) is 0.0703. The molecule has 0 unspecified atom stereocenters. The molecule has 4 rings (SSSR count). The minimum atomic E-state index is -2.07. The highest BCUT2D eigenvalue weighted by Gasteiger charge is 2.50. The highest BCUT2D eigenvalue weighted by molar-refractivity contribution is 6.10. The number of hydrogen-bond acceptors (Lipinski definition) is 5. The molecule has 3 aromatic rings. The van der Waals surface area contributed by atoms with Crippen molar-refractivity contribution in [1.82, 2.24) is 0 Å². The van der Waals surface area contributed by atoms with E-state index >= 15 is 0 Å². The van der Waals surface area contributed by atoms with Crippen molar-refractivity contribution in [2.24, 2.45) is 0 Å². The zero-order valence-electron chi connectivity index (χ0n) is 16.2. The fourth-order valence-electron chi connectivity index (χ4n) is 3.71. The number of ketones is 1. The average Bonchev–Trinajstić information content (AvgIpc) is 2.96. The lowest BCUT2D eigenvalue weighted by atomic mass is 9.88. The molecule has 1 aliphatic heterocycles. The molecule has 7 nitrogen and oxygen atoms in total. The third-order valence-electron chi connectivity index (χ3n) is 5.31. The van der Waals surface area contributed by atoms with Crippen LogP contribution in [0.5, 0.6) is 0 Å². The smallest absolute Gasteiger partial charge is 0.269 e. The molecule has 0 bridgehead atoms. The summed E-state index contributed by atoms with van der Waals surface area (Å²) in [6, 6.07) is 17.3. The molecular weight excluding hydrogens is 403 g/mol. The number of halogens is 1. The average molecular weight is 420 g/mol. The third kappa shape index (κ3) is 3.69. The molecule has 0 fully saturated rings. The van der Waals surface area contributed by atoms with Gasteiger partial charge in [-0.1, -0.05) is 30.3 Å². The molecule has 0 saturated carbocycles. The second-order valence-electron chi connectivity index (χ2n) is 7.30. The Bertz CT molecular complexity index is 1180. The van der Waals surface area contributed by atoms with E-state index in [4.69, 9.17) is 0 Å². The first-order chi connectivity index (χ1) is 14.8. The minimum absolute atomic E-state index is 0.0703. The standard InChI is InChI=1S/C23H17FN2O5/c24-17-9-7-16(8-10-17)21(27)13-23(29)19-3-1-2-4-20(19)25(22(23)28)14-15-5-11-18(12-6-15)26(30)31/h1-12,29H,13-14H2/t23-/m1/s1. The number of nitro groups is 1. The van der Waals surface area contributed by atoms with Crippen LogP contribution in [0.2, 0.25) is 0 Å². The van der Waals surface area contributed by atoms with Crippen LogP contribution >= 0.6 is 0 Å². The van der Waals surface area contributed by atoms with E-state index in [-0.39, 0.29) is 17.8 Å². The Hall–Kier alpha value is -3.91. The summed E-state index contributed by atoms with van der Waals surface area (Å²) in [6.07, 6.45) is -0.495. The fourth-order valence-corrected chi connectivity index (χ4v) is 3.71. The first-order valence-corrected chi connectivity index (χ1v) is 9.45. The zero-order chi connectivity index (χ0) is 22.2. The van der Waals surface area contributed by atoms with Crippen molar-refractivity contribution in [2.45, 2.75) is 18.6 Å². The first-order valence-electron chi connectivity index (χ1n) is 9.45. The molecule has 1 atom stereocenters. The van der Waals surface area contributed by atoms with Crippen molar-refractivity contribution in [1.29, 1.82) is 0 Å². The second-order valence-corrected chi connectivity index (χ2v) is 7.30. The van der Waals surface area contributed by atoms with Crippen LogP contribution in [0.25, 0.3) is 0 Å². The summed E-state index contributed by atoms with van der Waals surface area (Å²) in [5.74, 6) is -1.66. The third-order valence-corrected chi connectivity index (χ3v) is 5.31. The molecule has 0 radical (unpaired) electrons. The summed E-state index contributed by atoms with van der Waals surface area (Å²) in [4.78, 5) is 37.7. The van der Waals surface area contributed by atoms with Crippen LogP contribution in [-0.2, 0) is 16.9 Å². The topological polar surface area (TPSA) is 101 Å². The van der Waals surface area contributed by atoms with Crippen molar-refractivity contribution < 1.29 is 24.0 Å². The van der Waals surface area contributed by atoms with Gasteiger partial charge in [0.05, 0.1) is 23.6 Å². The number of non-ortho nitro benzene ring substituents is 1. The number of rotatable bonds is 6. The molecular formula is C23H17FN2O5. The van der Waals surface area contributed by atoms with Crippen LogP contribution in [0.4, 0.5) is 15.8 Å². The maximum atomic E-state index is 13.2. The summed E-state index contributed by atoms with van der Waals surface area (Å²) in [5, 5.41) is 22.1. The molecule has 1 aliphatic rings. The van der Waals surface area contributed by atoms with Gasteiger partial charge in [0.15, 0.2) is 11.4 Å². The number of amides is 1. The fraction of sp³-hybridized carbons (Fsp3) is 0.130. The van der Waals surface area contributed by atoms with E-state index in [1.807, 2.05) is 0 Å². The predicted molar refractivity (Wildman–Crippen MR) is 110 cm³/mol. The van der Waals surface area contributed by atoms with Crippen LogP contribution in [0.15, 0.2) is 72.8 Å². The Morgan fingerprint density at radius 1 is 1.03 bits per heavy atom. The maximum Gasteiger partial charge on any atom is 0.269 e. The van der Waals surface area contributed by atoms with E-state index in [1.165, 1.54) is 41.3 Å². The van der Waals surface area contributed by atoms with Crippen LogP contribution in [0, 0.1) is 15.9 Å². The predicted octanol–water partition coefficient (Wildman–Crippen LogP) is 3.74. The van der Waals surface area contributed by atoms with Gasteiger partial charge in [-0.05, 0) is 35.9 Å². The Kier molecular flexibility index (Phi) is 5.08. The first kappa shape index (κ1) is 20.4. The zero-order valence-corrected chi connectivity index (χ0v) is 16.2. The van der Waals surface area contributed by atoms with E-state index in [9.17, 15) is 29.2 Å². The van der Waals surface area contributed by atoms with Gasteiger partial charge >= 0.3 is 0 Å². The van der Waals surface area contributed by atoms with E-state index < -0.39 is 34.5 Å². The van der Waals surface area contributed by atoms with Gasteiger partial charge in [0.2, 0.25) is 0 Å². The molecule has 0 saturated heterocycles. The molecule has 1 amide bonds. The number of nitro benzene ring substituents is 1. The van der Waals surface area contributed by atoms with Crippen molar-refractivity contribution in [3.05, 3.63) is 105 Å². The van der Waals surface area contributed by atoms with E-state index in [0.29, 0.717) is 16.8 Å². The largest absolute Gasteiger partial charge is 0.375 e. The van der Waals surface area contributed by atoms with Gasteiger partial charge in [0, 0.05) is 23.3 Å². The van der Waals surface area contributed by atoms with Gasteiger partial charge in [0.25, 0.3) is 11.6 Å². The van der Waals surface area contributed by atoms with Gasteiger partial charge in [-0.2, -0.15) is 0 Å². The SMILES string of the molecule is O=C(C[C@]1(O)C(=O)N(Cc2ccc([N+](=O)[O-])cc2)c2ccccc21)c1ccc(F)cc1. The van der Waals surface area contributed by atoms with Gasteiger partial charge in [-0.3, -0.25) is 19.7 Å². The van der Waals surface area contributed by atoms with Crippen LogP contribution in [-0.4, -0.2) is 21.7 Å².